The highest BCUT2D eigenvalue weighted by Crippen LogP contribution is 2.31. The molecule has 0 aliphatic carbocycles. The number of ether oxygens (including phenoxy) is 2. The van der Waals surface area contributed by atoms with Crippen molar-refractivity contribution >= 4 is 51.9 Å². The average Bonchev–Trinajstić information content (AvgIpc) is 3.47. The minimum absolute atomic E-state index is 0.288. The van der Waals surface area contributed by atoms with Crippen LogP contribution in [0.25, 0.3) is 34.0 Å². The van der Waals surface area contributed by atoms with Gasteiger partial charge in [0.05, 0.1) is 18.7 Å². The van der Waals surface area contributed by atoms with E-state index >= 15 is 0 Å². The van der Waals surface area contributed by atoms with Gasteiger partial charge in [0.15, 0.2) is 0 Å². The Morgan fingerprint density at radius 3 is 2.19 bits per heavy atom. The minimum atomic E-state index is -0.918. The predicted octanol–water partition coefficient (Wildman–Crippen LogP) is 8.50. The number of nitriles is 1. The van der Waals surface area contributed by atoms with E-state index in [2.05, 4.69) is 42.1 Å². The lowest BCUT2D eigenvalue weighted by molar-refractivity contribution is -0.140. The van der Waals surface area contributed by atoms with Gasteiger partial charge < -0.3 is 19.6 Å². The molecule has 1 heterocycles. The number of carboxylic acid groups (broad SMARTS) is 1. The Labute approximate surface area is 274 Å². The highest BCUT2D eigenvalue weighted by atomic mass is 16.5. The number of aromatic nitrogens is 1. The summed E-state index contributed by atoms with van der Waals surface area (Å²) in [5.74, 6) is -1.72. The van der Waals surface area contributed by atoms with Crippen LogP contribution in [0.2, 0.25) is 0 Å². The Balaban J connectivity index is 0.000000261. The Kier molecular flexibility index (Phi) is 15.1. The summed E-state index contributed by atoms with van der Waals surface area (Å²) in [5.41, 5.74) is 5.79. The van der Waals surface area contributed by atoms with Crippen LogP contribution >= 0.6 is 0 Å². The molecule has 0 radical (unpaired) electrons. The smallest absolute Gasteiger partial charge is 0.334 e. The molecule has 0 fully saturated rings. The van der Waals surface area contributed by atoms with Crippen LogP contribution in [0.3, 0.4) is 0 Å². The molecule has 2 N–H and O–H groups in total. The molecule has 0 saturated heterocycles. The number of fused-ring (bicyclic) bond motifs is 3. The van der Waals surface area contributed by atoms with Crippen molar-refractivity contribution in [3.8, 4) is 6.07 Å². The molecule has 1 aromatic heterocycles. The van der Waals surface area contributed by atoms with Crippen molar-refractivity contribution < 1.29 is 29.0 Å². The number of carbonyl (C=O) groups excluding carboxylic acids is 2. The maximum atomic E-state index is 11.3. The number of benzene rings is 3. The standard InChI is InChI=1S/C18H15NO2.C13H14O2.C8H9NO2/c1-3-12-8-9-14-13-6-4-5-7-16(13)19-17(14)15(12)10-11(2)18(20)21;1-3-7-11(2)13(14)15-10-12-8-5-4-6-9-12;1-7(8(10)11-2)5-3-4-6-9/h3-10,19H,1H2,2H3,(H,20,21);3-6,8-9H,1-2,7,10H2;3-4H,1,5H2,2H3. The van der Waals surface area contributed by atoms with Gasteiger partial charge >= 0.3 is 17.9 Å². The Bertz CT molecular complexity index is 1870. The van der Waals surface area contributed by atoms with Gasteiger partial charge in [0.1, 0.15) is 6.61 Å². The number of nitrogens with zero attached hydrogens (tertiary/aromatic N) is 1. The molecular formula is C39H38N2O6. The van der Waals surface area contributed by atoms with E-state index in [-0.39, 0.29) is 12.6 Å². The molecule has 8 heteroatoms. The summed E-state index contributed by atoms with van der Waals surface area (Å²) in [5, 5.41) is 19.4. The first-order chi connectivity index (χ1) is 22.6. The van der Waals surface area contributed by atoms with E-state index in [1.165, 1.54) is 13.2 Å². The zero-order chi connectivity index (χ0) is 34.8. The van der Waals surface area contributed by atoms with Gasteiger partial charge in [0, 0.05) is 44.6 Å². The molecule has 0 aliphatic heterocycles. The number of aromatic amines is 1. The zero-order valence-corrected chi connectivity index (χ0v) is 26.6. The molecule has 0 spiro atoms. The first-order valence-corrected chi connectivity index (χ1v) is 14.5. The molecule has 0 unspecified atom stereocenters. The molecule has 240 valence electrons. The van der Waals surface area contributed by atoms with Gasteiger partial charge in [-0.15, -0.1) is 6.58 Å². The second-order valence-electron chi connectivity index (χ2n) is 9.99. The number of H-pyrrole nitrogens is 1. The fourth-order valence-corrected chi connectivity index (χ4v) is 4.13. The highest BCUT2D eigenvalue weighted by molar-refractivity contribution is 6.11. The van der Waals surface area contributed by atoms with Crippen LogP contribution in [0.5, 0.6) is 0 Å². The lowest BCUT2D eigenvalue weighted by atomic mass is 10.0. The first-order valence-electron chi connectivity index (χ1n) is 14.5. The van der Waals surface area contributed by atoms with Gasteiger partial charge in [-0.1, -0.05) is 98.6 Å². The number of carboxylic acids is 1. The highest BCUT2D eigenvalue weighted by Gasteiger charge is 2.11. The maximum Gasteiger partial charge on any atom is 0.334 e. The average molecular weight is 631 g/mol. The van der Waals surface area contributed by atoms with Crippen molar-refractivity contribution in [2.45, 2.75) is 26.4 Å². The number of para-hydroxylation sites is 1. The summed E-state index contributed by atoms with van der Waals surface area (Å²) in [4.78, 5) is 36.5. The van der Waals surface area contributed by atoms with Gasteiger partial charge in [-0.3, -0.25) is 0 Å². The van der Waals surface area contributed by atoms with Crippen LogP contribution in [-0.4, -0.2) is 35.1 Å². The molecule has 4 aromatic rings. The lowest BCUT2D eigenvalue weighted by Gasteiger charge is -2.05. The van der Waals surface area contributed by atoms with Crippen LogP contribution in [0.15, 0.2) is 128 Å². The summed E-state index contributed by atoms with van der Waals surface area (Å²) < 4.78 is 9.44. The lowest BCUT2D eigenvalue weighted by Crippen LogP contribution is -2.06. The van der Waals surface area contributed by atoms with E-state index in [9.17, 15) is 14.4 Å². The molecule has 3 aromatic carbocycles. The van der Waals surface area contributed by atoms with Crippen LogP contribution in [0, 0.1) is 11.3 Å². The molecule has 0 atom stereocenters. The molecule has 8 nitrogen and oxygen atoms in total. The van der Waals surface area contributed by atoms with Gasteiger partial charge in [0.25, 0.3) is 0 Å². The number of hydrogen-bond acceptors (Lipinski definition) is 6. The van der Waals surface area contributed by atoms with Gasteiger partial charge in [0.2, 0.25) is 0 Å². The van der Waals surface area contributed by atoms with Crippen LogP contribution in [-0.2, 0) is 30.5 Å². The Hall–Kier alpha value is -6.20. The van der Waals surface area contributed by atoms with Crippen molar-refractivity contribution in [2.75, 3.05) is 7.11 Å². The number of nitrogens with one attached hydrogen (secondary N) is 1. The molecule has 0 saturated carbocycles. The van der Waals surface area contributed by atoms with E-state index in [0.717, 1.165) is 38.5 Å². The second-order valence-corrected chi connectivity index (χ2v) is 9.99. The number of allylic oxidation sites excluding steroid dienone is 3. The summed E-state index contributed by atoms with van der Waals surface area (Å²) in [6.45, 7) is 16.3. The summed E-state index contributed by atoms with van der Waals surface area (Å²) in [6.07, 6.45) is 8.75. The topological polar surface area (TPSA) is 129 Å². The fraction of sp³-hybridized carbons (Fsp3) is 0.128. The van der Waals surface area contributed by atoms with E-state index in [1.807, 2.05) is 60.7 Å². The van der Waals surface area contributed by atoms with E-state index in [4.69, 9.17) is 15.1 Å². The van der Waals surface area contributed by atoms with E-state index in [1.54, 1.807) is 37.3 Å². The normalized spacial score (nSPS) is 10.4. The number of aliphatic carboxylic acids is 1. The van der Waals surface area contributed by atoms with Crippen molar-refractivity contribution in [3.05, 3.63) is 145 Å². The first kappa shape index (κ1) is 37.0. The van der Waals surface area contributed by atoms with Crippen molar-refractivity contribution in [1.29, 1.82) is 5.26 Å². The van der Waals surface area contributed by atoms with Crippen LogP contribution in [0.4, 0.5) is 0 Å². The number of methoxy groups -OCH3 is 1. The number of esters is 2. The summed E-state index contributed by atoms with van der Waals surface area (Å²) in [7, 11) is 1.29. The number of carbonyl (C=O) groups is 3. The predicted molar refractivity (Wildman–Crippen MR) is 188 cm³/mol. The van der Waals surface area contributed by atoms with Crippen molar-refractivity contribution in [3.63, 3.8) is 0 Å². The SMILES string of the molecule is C=C(CC=CC#N)C(=O)OC.C=CCC(=C)C(=O)OCc1ccccc1.C=Cc1ccc2c([nH]c3ccccc32)c1C=C(C)C(=O)O. The minimum Gasteiger partial charge on any atom is -0.478 e. The third-order valence-electron chi connectivity index (χ3n) is 6.60. The molecule has 4 rings (SSSR count). The third kappa shape index (κ3) is 11.3. The largest absolute Gasteiger partial charge is 0.478 e. The molecule has 0 bridgehead atoms. The molecule has 0 aliphatic rings. The van der Waals surface area contributed by atoms with Gasteiger partial charge in [-0.05, 0) is 43.0 Å². The Morgan fingerprint density at radius 1 is 0.915 bits per heavy atom. The number of hydrogen-bond donors (Lipinski definition) is 2. The second kappa shape index (κ2) is 19.2. The monoisotopic (exact) mass is 630 g/mol. The van der Waals surface area contributed by atoms with E-state index < -0.39 is 11.9 Å². The Morgan fingerprint density at radius 2 is 1.57 bits per heavy atom. The molecule has 47 heavy (non-hydrogen) atoms. The van der Waals surface area contributed by atoms with Crippen LogP contribution in [0.1, 0.15) is 36.5 Å². The zero-order valence-electron chi connectivity index (χ0n) is 26.6. The molecule has 0 amide bonds. The maximum absolute atomic E-state index is 11.3. The van der Waals surface area contributed by atoms with Crippen LogP contribution < -0.4 is 0 Å². The fourth-order valence-electron chi connectivity index (χ4n) is 4.13. The van der Waals surface area contributed by atoms with Crippen molar-refractivity contribution in [1.82, 2.24) is 4.98 Å². The van der Waals surface area contributed by atoms with Gasteiger partial charge in [-0.2, -0.15) is 5.26 Å². The molecular weight excluding hydrogens is 592 g/mol. The van der Waals surface area contributed by atoms with Gasteiger partial charge in [-0.25, -0.2) is 14.4 Å². The van der Waals surface area contributed by atoms with E-state index in [0.29, 0.717) is 29.6 Å². The summed E-state index contributed by atoms with van der Waals surface area (Å²) in [6, 6.07) is 23.4. The quantitative estimate of drug-likeness (QED) is 0.0735. The summed E-state index contributed by atoms with van der Waals surface area (Å²) >= 11 is 0. The number of rotatable bonds is 11. The van der Waals surface area contributed by atoms with Crippen molar-refractivity contribution in [2.24, 2.45) is 0 Å². The third-order valence-corrected chi connectivity index (χ3v) is 6.60.